The number of hydrogen-bond acceptors (Lipinski definition) is 3. The molecule has 0 spiro atoms. The second kappa shape index (κ2) is 6.93. The summed E-state index contributed by atoms with van der Waals surface area (Å²) < 4.78 is 0. The first-order chi connectivity index (χ1) is 10.9. The van der Waals surface area contributed by atoms with E-state index in [0.29, 0.717) is 11.3 Å². The third kappa shape index (κ3) is 3.86. The average Bonchev–Trinajstić information content (AvgIpc) is 2.45. The van der Waals surface area contributed by atoms with E-state index < -0.39 is 5.56 Å². The number of pyridine rings is 2. The third-order valence-corrected chi connectivity index (χ3v) is 3.45. The molecule has 0 bridgehead atoms. The maximum absolute atomic E-state index is 12.8. The molecule has 0 radical (unpaired) electrons. The summed E-state index contributed by atoms with van der Waals surface area (Å²) in [6, 6.07) is 7.36. The number of rotatable bonds is 4. The van der Waals surface area contributed by atoms with Crippen LogP contribution in [0.2, 0.25) is 0 Å². The first-order valence-electron chi connectivity index (χ1n) is 7.28. The van der Waals surface area contributed by atoms with Gasteiger partial charge in [-0.25, -0.2) is 0 Å². The minimum absolute atomic E-state index is 0.112. The zero-order valence-electron chi connectivity index (χ0n) is 13.5. The van der Waals surface area contributed by atoms with E-state index in [4.69, 9.17) is 6.42 Å². The highest BCUT2D eigenvalue weighted by atomic mass is 16.2. The Kier molecular flexibility index (Phi) is 4.97. The molecule has 1 amide bonds. The van der Waals surface area contributed by atoms with Gasteiger partial charge in [0, 0.05) is 11.4 Å². The van der Waals surface area contributed by atoms with Gasteiger partial charge in [0.1, 0.15) is 5.56 Å². The highest BCUT2D eigenvalue weighted by Gasteiger charge is 2.21. The second-order valence-electron chi connectivity index (χ2n) is 5.48. The van der Waals surface area contributed by atoms with Gasteiger partial charge in [-0.2, -0.15) is 0 Å². The van der Waals surface area contributed by atoms with Gasteiger partial charge in [-0.3, -0.25) is 14.6 Å². The number of nitrogens with one attached hydrogen (secondary N) is 1. The van der Waals surface area contributed by atoms with Crippen molar-refractivity contribution in [1.29, 1.82) is 0 Å². The van der Waals surface area contributed by atoms with Crippen LogP contribution in [0.25, 0.3) is 0 Å². The molecule has 0 fully saturated rings. The summed E-state index contributed by atoms with van der Waals surface area (Å²) in [6.45, 7) is 5.78. The molecule has 5 nitrogen and oxygen atoms in total. The molecule has 5 heteroatoms. The highest BCUT2D eigenvalue weighted by Crippen LogP contribution is 2.10. The van der Waals surface area contributed by atoms with Gasteiger partial charge in [-0.05, 0) is 44.5 Å². The monoisotopic (exact) mass is 309 g/mol. The zero-order chi connectivity index (χ0) is 17.0. The lowest BCUT2D eigenvalue weighted by molar-refractivity contribution is 0.0761. The van der Waals surface area contributed by atoms with Crippen LogP contribution in [0, 0.1) is 33.1 Å². The SMILES string of the molecule is C#CCN(Cc1cccc(C)n1)C(=O)c1c(C)cc(C)[nH]c1=O. The van der Waals surface area contributed by atoms with Crippen molar-refractivity contribution in [2.45, 2.75) is 27.3 Å². The Balaban J connectivity index is 2.36. The molecule has 1 N–H and O–H groups in total. The number of nitrogens with zero attached hydrogens (tertiary/aromatic N) is 2. The van der Waals surface area contributed by atoms with Crippen LogP contribution in [0.5, 0.6) is 0 Å². The molecule has 0 aliphatic carbocycles. The fourth-order valence-corrected chi connectivity index (χ4v) is 2.47. The minimum Gasteiger partial charge on any atom is -0.326 e. The van der Waals surface area contributed by atoms with Crippen LogP contribution in [-0.4, -0.2) is 27.3 Å². The lowest BCUT2D eigenvalue weighted by Gasteiger charge is -2.20. The molecule has 0 atom stereocenters. The van der Waals surface area contributed by atoms with E-state index in [1.807, 2.05) is 25.1 Å². The molecular weight excluding hydrogens is 290 g/mol. The molecule has 0 saturated heterocycles. The van der Waals surface area contributed by atoms with Crippen LogP contribution in [0.4, 0.5) is 0 Å². The van der Waals surface area contributed by atoms with Crippen molar-refractivity contribution >= 4 is 5.91 Å². The van der Waals surface area contributed by atoms with Crippen LogP contribution < -0.4 is 5.56 Å². The molecule has 118 valence electrons. The van der Waals surface area contributed by atoms with Crippen molar-refractivity contribution in [2.75, 3.05) is 6.54 Å². The van der Waals surface area contributed by atoms with Crippen molar-refractivity contribution in [3.05, 3.63) is 62.8 Å². The van der Waals surface area contributed by atoms with E-state index in [1.165, 1.54) is 4.90 Å². The van der Waals surface area contributed by atoms with Crippen LogP contribution >= 0.6 is 0 Å². The summed E-state index contributed by atoms with van der Waals surface area (Å²) in [6.07, 6.45) is 5.38. The molecule has 0 aliphatic heterocycles. The van der Waals surface area contributed by atoms with Crippen molar-refractivity contribution in [2.24, 2.45) is 0 Å². The fourth-order valence-electron chi connectivity index (χ4n) is 2.47. The average molecular weight is 309 g/mol. The summed E-state index contributed by atoms with van der Waals surface area (Å²) in [5, 5.41) is 0. The number of aryl methyl sites for hydroxylation is 3. The summed E-state index contributed by atoms with van der Waals surface area (Å²) >= 11 is 0. The van der Waals surface area contributed by atoms with E-state index in [2.05, 4.69) is 15.9 Å². The van der Waals surface area contributed by atoms with Gasteiger partial charge in [-0.1, -0.05) is 12.0 Å². The van der Waals surface area contributed by atoms with Gasteiger partial charge in [0.2, 0.25) is 0 Å². The molecule has 0 aromatic carbocycles. The van der Waals surface area contributed by atoms with Gasteiger partial charge in [-0.15, -0.1) is 6.42 Å². The Morgan fingerprint density at radius 1 is 1.35 bits per heavy atom. The van der Waals surface area contributed by atoms with Gasteiger partial charge < -0.3 is 9.88 Å². The summed E-state index contributed by atoms with van der Waals surface area (Å²) in [5.74, 6) is 2.08. The number of amides is 1. The van der Waals surface area contributed by atoms with Crippen molar-refractivity contribution in [1.82, 2.24) is 14.9 Å². The second-order valence-corrected chi connectivity index (χ2v) is 5.48. The normalized spacial score (nSPS) is 10.2. The molecule has 2 aromatic heterocycles. The standard InChI is InChI=1S/C18H19N3O2/c1-5-9-21(11-15-8-6-7-13(3)19-15)18(23)16-12(2)10-14(4)20-17(16)22/h1,6-8,10H,9,11H2,2-4H3,(H,20,22). The molecule has 2 rings (SSSR count). The highest BCUT2D eigenvalue weighted by molar-refractivity contribution is 5.95. The molecular formula is C18H19N3O2. The van der Waals surface area contributed by atoms with E-state index >= 15 is 0 Å². The quantitative estimate of drug-likeness (QED) is 0.878. The maximum Gasteiger partial charge on any atom is 0.261 e. The number of aromatic nitrogens is 2. The van der Waals surface area contributed by atoms with Gasteiger partial charge in [0.05, 0.1) is 18.8 Å². The largest absolute Gasteiger partial charge is 0.326 e. The number of aromatic amines is 1. The van der Waals surface area contributed by atoms with Crippen molar-refractivity contribution in [3.8, 4) is 12.3 Å². The van der Waals surface area contributed by atoms with E-state index in [1.54, 1.807) is 19.9 Å². The number of H-pyrrole nitrogens is 1. The zero-order valence-corrected chi connectivity index (χ0v) is 13.5. The first-order valence-corrected chi connectivity index (χ1v) is 7.28. The van der Waals surface area contributed by atoms with E-state index in [9.17, 15) is 9.59 Å². The maximum atomic E-state index is 12.8. The lowest BCUT2D eigenvalue weighted by Crippen LogP contribution is -2.36. The van der Waals surface area contributed by atoms with Crippen molar-refractivity contribution in [3.63, 3.8) is 0 Å². The van der Waals surface area contributed by atoms with E-state index in [-0.39, 0.29) is 24.6 Å². The lowest BCUT2D eigenvalue weighted by atomic mass is 10.1. The Hall–Kier alpha value is -2.87. The topological polar surface area (TPSA) is 66.1 Å². The molecule has 0 saturated carbocycles. The predicted molar refractivity (Wildman–Crippen MR) is 89.1 cm³/mol. The Labute approximate surface area is 135 Å². The Morgan fingerprint density at radius 2 is 2.09 bits per heavy atom. The fraction of sp³-hybridized carbons (Fsp3) is 0.278. The van der Waals surface area contributed by atoms with Crippen LogP contribution in [0.3, 0.4) is 0 Å². The molecule has 0 aliphatic rings. The Bertz CT molecular complexity index is 831. The summed E-state index contributed by atoms with van der Waals surface area (Å²) in [7, 11) is 0. The number of hydrogen-bond donors (Lipinski definition) is 1. The van der Waals surface area contributed by atoms with Crippen LogP contribution in [0.15, 0.2) is 29.1 Å². The molecule has 2 aromatic rings. The molecule has 23 heavy (non-hydrogen) atoms. The van der Waals surface area contributed by atoms with Gasteiger partial charge in [0.15, 0.2) is 0 Å². The molecule has 2 heterocycles. The van der Waals surface area contributed by atoms with Crippen molar-refractivity contribution < 1.29 is 4.79 Å². The predicted octanol–water partition coefficient (Wildman–Crippen LogP) is 1.97. The smallest absolute Gasteiger partial charge is 0.261 e. The first kappa shape index (κ1) is 16.5. The number of terminal acetylenes is 1. The number of carbonyl (C=O) groups excluding carboxylic acids is 1. The minimum atomic E-state index is -0.397. The van der Waals surface area contributed by atoms with Crippen LogP contribution in [-0.2, 0) is 6.54 Å². The van der Waals surface area contributed by atoms with E-state index in [0.717, 1.165) is 11.4 Å². The summed E-state index contributed by atoms with van der Waals surface area (Å²) in [5.41, 5.74) is 2.67. The third-order valence-electron chi connectivity index (χ3n) is 3.45. The number of carbonyl (C=O) groups is 1. The van der Waals surface area contributed by atoms with Gasteiger partial charge in [0.25, 0.3) is 11.5 Å². The van der Waals surface area contributed by atoms with Gasteiger partial charge >= 0.3 is 0 Å². The Morgan fingerprint density at radius 3 is 2.70 bits per heavy atom. The molecule has 0 unspecified atom stereocenters. The van der Waals surface area contributed by atoms with Crippen LogP contribution in [0.1, 0.15) is 33.0 Å². The summed E-state index contributed by atoms with van der Waals surface area (Å²) in [4.78, 5) is 33.4.